The molecule has 16 heteroatoms. The maximum absolute atomic E-state index is 13.8. The molecule has 1 fully saturated rings. The summed E-state index contributed by atoms with van der Waals surface area (Å²) in [4.78, 5) is 24.4. The lowest BCUT2D eigenvalue weighted by molar-refractivity contribution is -0.355. The quantitative estimate of drug-likeness (QED) is 0.0985. The van der Waals surface area contributed by atoms with Crippen molar-refractivity contribution in [2.24, 2.45) is 5.92 Å². The molecular weight excluding hydrogens is 509 g/mol. The number of unbranched alkanes of at least 4 members (excludes halogenated alkanes) is 1. The molecule has 34 heavy (non-hydrogen) atoms. The third-order valence-electron chi connectivity index (χ3n) is 4.96. The summed E-state index contributed by atoms with van der Waals surface area (Å²) in [5.41, 5.74) is 0. The van der Waals surface area contributed by atoms with Gasteiger partial charge in [0.15, 0.2) is 0 Å². The Kier molecular flexibility index (Phi) is 9.91. The maximum Gasteiger partial charge on any atom is 0.468 e. The first kappa shape index (κ1) is 30.1. The van der Waals surface area contributed by atoms with E-state index in [1.165, 1.54) is 0 Å². The van der Waals surface area contributed by atoms with E-state index in [2.05, 4.69) is 20.8 Å². The Labute approximate surface area is 190 Å². The van der Waals surface area contributed by atoms with Gasteiger partial charge in [0.05, 0.1) is 18.8 Å². The Morgan fingerprint density at radius 2 is 1.56 bits per heavy atom. The van der Waals surface area contributed by atoms with Crippen molar-refractivity contribution in [3.05, 3.63) is 12.8 Å². The Balaban J connectivity index is 2.96. The summed E-state index contributed by atoms with van der Waals surface area (Å²) in [6.07, 6.45) is -6.95. The van der Waals surface area contributed by atoms with Crippen LogP contribution >= 0.6 is 0 Å². The molecular formula is C18H23F7O8S. The van der Waals surface area contributed by atoms with E-state index in [0.717, 1.165) is 6.42 Å². The van der Waals surface area contributed by atoms with Gasteiger partial charge in [0.25, 0.3) is 0 Å². The normalized spacial score (nSPS) is 18.1. The van der Waals surface area contributed by atoms with Crippen molar-refractivity contribution in [3.63, 3.8) is 0 Å². The number of hydrogen-bond acceptors (Lipinski definition) is 7. The highest BCUT2D eigenvalue weighted by atomic mass is 32.2. The van der Waals surface area contributed by atoms with Gasteiger partial charge >= 0.3 is 45.2 Å². The standard InChI is InChI=1S/C18H23F7O8S/c1-2-31-14(27)16(17(21,22)23,33-13(26)12-8-4-3-5-9-12)32-11-7-6-10-15(19,20)18(24,25)34(28,29)30/h2,12H,1,3-11H2,(H,28,29,30). The molecule has 1 unspecified atom stereocenters. The molecule has 1 atom stereocenters. The molecule has 0 bridgehead atoms. The summed E-state index contributed by atoms with van der Waals surface area (Å²) in [6.45, 7) is 1.70. The zero-order valence-corrected chi connectivity index (χ0v) is 18.4. The van der Waals surface area contributed by atoms with E-state index in [1.807, 2.05) is 0 Å². The molecule has 8 nitrogen and oxygen atoms in total. The Hall–Kier alpha value is -1.94. The SMILES string of the molecule is C=COC(=O)C(OCCCCC(F)(F)C(F)(F)S(=O)(=O)O)(OC(=O)C1CCCCC1)C(F)(F)F. The molecule has 198 valence electrons. The average Bonchev–Trinajstić information content (AvgIpc) is 2.71. The second-order valence-electron chi connectivity index (χ2n) is 7.44. The number of carbonyl (C=O) groups is 2. The minimum Gasteiger partial charge on any atom is -0.430 e. The summed E-state index contributed by atoms with van der Waals surface area (Å²) >= 11 is 0. The fourth-order valence-corrected chi connectivity index (χ4v) is 3.58. The highest BCUT2D eigenvalue weighted by Crippen LogP contribution is 2.42. The van der Waals surface area contributed by atoms with Crippen molar-refractivity contribution in [1.29, 1.82) is 0 Å². The first-order valence-electron chi connectivity index (χ1n) is 9.91. The lowest BCUT2D eigenvalue weighted by Gasteiger charge is -2.33. The molecule has 0 amide bonds. The monoisotopic (exact) mass is 532 g/mol. The number of carbonyl (C=O) groups excluding carboxylic acids is 2. The van der Waals surface area contributed by atoms with Gasteiger partial charge in [-0.2, -0.15) is 39.2 Å². The summed E-state index contributed by atoms with van der Waals surface area (Å²) < 4.78 is 137. The molecule has 1 N–H and O–H groups in total. The van der Waals surface area contributed by atoms with Crippen LogP contribution in [0.25, 0.3) is 0 Å². The highest BCUT2D eigenvalue weighted by molar-refractivity contribution is 7.87. The van der Waals surface area contributed by atoms with E-state index in [-0.39, 0.29) is 12.8 Å². The van der Waals surface area contributed by atoms with Crippen molar-refractivity contribution in [1.82, 2.24) is 0 Å². The molecule has 1 aliphatic carbocycles. The van der Waals surface area contributed by atoms with Crippen molar-refractivity contribution in [2.45, 2.75) is 74.5 Å². The van der Waals surface area contributed by atoms with Gasteiger partial charge in [-0.15, -0.1) is 0 Å². The molecule has 1 rings (SSSR count). The summed E-state index contributed by atoms with van der Waals surface area (Å²) in [5, 5.41) is -5.85. The minimum absolute atomic E-state index is 0.195. The largest absolute Gasteiger partial charge is 0.468 e. The van der Waals surface area contributed by atoms with E-state index >= 15 is 0 Å². The van der Waals surface area contributed by atoms with Crippen molar-refractivity contribution in [2.75, 3.05) is 6.61 Å². The summed E-state index contributed by atoms with van der Waals surface area (Å²) in [7, 11) is -6.48. The zero-order valence-electron chi connectivity index (χ0n) is 17.6. The fraction of sp³-hybridized carbons (Fsp3) is 0.778. The van der Waals surface area contributed by atoms with E-state index in [1.54, 1.807) is 0 Å². The first-order chi connectivity index (χ1) is 15.4. The van der Waals surface area contributed by atoms with Crippen molar-refractivity contribution >= 4 is 22.1 Å². The van der Waals surface area contributed by atoms with Crippen LogP contribution in [-0.2, 0) is 33.9 Å². The van der Waals surface area contributed by atoms with Gasteiger partial charge in [-0.05, 0) is 25.7 Å². The van der Waals surface area contributed by atoms with Crippen LogP contribution < -0.4 is 0 Å². The van der Waals surface area contributed by atoms with Gasteiger partial charge < -0.3 is 14.2 Å². The van der Waals surface area contributed by atoms with Gasteiger partial charge in [-0.1, -0.05) is 25.8 Å². The molecule has 0 aliphatic heterocycles. The van der Waals surface area contributed by atoms with Crippen LogP contribution in [0.3, 0.4) is 0 Å². The fourth-order valence-electron chi connectivity index (χ4n) is 3.10. The van der Waals surface area contributed by atoms with Gasteiger partial charge in [0.1, 0.15) is 0 Å². The Bertz CT molecular complexity index is 838. The van der Waals surface area contributed by atoms with Crippen LogP contribution in [0.5, 0.6) is 0 Å². The minimum atomic E-state index is -6.48. The number of hydrogen-bond donors (Lipinski definition) is 1. The second kappa shape index (κ2) is 11.2. The van der Waals surface area contributed by atoms with Gasteiger partial charge in [-0.25, -0.2) is 4.79 Å². The number of ether oxygens (including phenoxy) is 3. The summed E-state index contributed by atoms with van der Waals surface area (Å²) in [5.74, 6) is -14.1. The van der Waals surface area contributed by atoms with E-state index in [9.17, 15) is 48.7 Å². The topological polar surface area (TPSA) is 116 Å². The highest BCUT2D eigenvalue weighted by Gasteiger charge is 2.68. The Morgan fingerprint density at radius 3 is 2.03 bits per heavy atom. The maximum atomic E-state index is 13.8. The molecule has 1 aliphatic rings. The van der Waals surface area contributed by atoms with E-state index < -0.39 is 77.0 Å². The molecule has 0 saturated heterocycles. The molecule has 0 aromatic heterocycles. The van der Waals surface area contributed by atoms with Crippen molar-refractivity contribution < 1.29 is 67.5 Å². The third-order valence-corrected chi connectivity index (χ3v) is 5.90. The van der Waals surface area contributed by atoms with Gasteiger partial charge in [-0.3, -0.25) is 9.35 Å². The van der Waals surface area contributed by atoms with Crippen LogP contribution in [0.1, 0.15) is 51.4 Å². The van der Waals surface area contributed by atoms with E-state index in [4.69, 9.17) is 4.55 Å². The predicted molar refractivity (Wildman–Crippen MR) is 99.0 cm³/mol. The van der Waals surface area contributed by atoms with Gasteiger partial charge in [0, 0.05) is 6.42 Å². The molecule has 1 saturated carbocycles. The number of alkyl halides is 7. The number of esters is 2. The zero-order chi connectivity index (χ0) is 26.4. The average molecular weight is 532 g/mol. The van der Waals surface area contributed by atoms with Crippen LogP contribution in [0.2, 0.25) is 0 Å². The van der Waals surface area contributed by atoms with E-state index in [0.29, 0.717) is 19.1 Å². The number of rotatable bonds is 12. The van der Waals surface area contributed by atoms with Crippen LogP contribution in [0, 0.1) is 5.92 Å². The molecule has 0 radical (unpaired) electrons. The molecule has 0 heterocycles. The first-order valence-corrected chi connectivity index (χ1v) is 11.3. The van der Waals surface area contributed by atoms with Gasteiger partial charge in [0.2, 0.25) is 0 Å². The lowest BCUT2D eigenvalue weighted by atomic mass is 9.89. The molecule has 0 spiro atoms. The van der Waals surface area contributed by atoms with Crippen LogP contribution in [0.15, 0.2) is 12.8 Å². The van der Waals surface area contributed by atoms with Crippen molar-refractivity contribution in [3.8, 4) is 0 Å². The number of halogens is 7. The second-order valence-corrected chi connectivity index (χ2v) is 8.91. The Morgan fingerprint density at radius 1 is 1.00 bits per heavy atom. The predicted octanol–water partition coefficient (Wildman–Crippen LogP) is 4.36. The summed E-state index contributed by atoms with van der Waals surface area (Å²) in [6, 6.07) is 0. The molecule has 0 aromatic carbocycles. The smallest absolute Gasteiger partial charge is 0.430 e. The third kappa shape index (κ3) is 6.81. The lowest BCUT2D eigenvalue weighted by Crippen LogP contribution is -2.58. The van der Waals surface area contributed by atoms with Crippen LogP contribution in [-0.4, -0.2) is 54.7 Å². The van der Waals surface area contributed by atoms with Crippen LogP contribution in [0.4, 0.5) is 30.7 Å². The molecule has 0 aromatic rings.